The van der Waals surface area contributed by atoms with Gasteiger partial charge in [-0.1, -0.05) is 6.07 Å². The van der Waals surface area contributed by atoms with Gasteiger partial charge in [-0.2, -0.15) is 0 Å². The highest BCUT2D eigenvalue weighted by Gasteiger charge is 2.15. The van der Waals surface area contributed by atoms with Crippen LogP contribution in [0, 0.1) is 11.6 Å². The van der Waals surface area contributed by atoms with Gasteiger partial charge < -0.3 is 10.3 Å². The van der Waals surface area contributed by atoms with Crippen molar-refractivity contribution in [2.45, 2.75) is 19.9 Å². The molecule has 6 heteroatoms. The summed E-state index contributed by atoms with van der Waals surface area (Å²) in [7, 11) is 0. The third kappa shape index (κ3) is 3.34. The summed E-state index contributed by atoms with van der Waals surface area (Å²) in [6, 6.07) is 4.39. The van der Waals surface area contributed by atoms with E-state index in [-0.39, 0.29) is 11.5 Å². The van der Waals surface area contributed by atoms with Crippen LogP contribution >= 0.6 is 0 Å². The molecule has 1 heterocycles. The van der Waals surface area contributed by atoms with Gasteiger partial charge in [0.2, 0.25) is 0 Å². The van der Waals surface area contributed by atoms with Gasteiger partial charge in [0.15, 0.2) is 17.4 Å². The lowest BCUT2D eigenvalue weighted by Crippen LogP contribution is -2.27. The van der Waals surface area contributed by atoms with E-state index in [2.05, 4.69) is 10.3 Å². The standard InChI is InChI=1S/C15H14F2N2O2/c1-8(10-3-4-12(16)13(17)5-10)19-15(21)14-6-11(7-18-14)9(2)20/h3-8,18H,1-2H3,(H,19,21). The van der Waals surface area contributed by atoms with Crippen LogP contribution in [-0.2, 0) is 0 Å². The smallest absolute Gasteiger partial charge is 0.268 e. The van der Waals surface area contributed by atoms with E-state index in [1.165, 1.54) is 25.3 Å². The Morgan fingerprint density at radius 1 is 1.19 bits per heavy atom. The first-order valence-electron chi connectivity index (χ1n) is 6.33. The van der Waals surface area contributed by atoms with Crippen molar-refractivity contribution in [1.82, 2.24) is 10.3 Å². The molecule has 2 rings (SSSR count). The number of hydrogen-bond acceptors (Lipinski definition) is 2. The third-order valence-corrected chi connectivity index (χ3v) is 3.13. The summed E-state index contributed by atoms with van der Waals surface area (Å²) in [5.41, 5.74) is 1.08. The molecule has 4 nitrogen and oxygen atoms in total. The molecule has 0 aliphatic rings. The van der Waals surface area contributed by atoms with E-state index >= 15 is 0 Å². The van der Waals surface area contributed by atoms with Crippen molar-refractivity contribution in [2.24, 2.45) is 0 Å². The average Bonchev–Trinajstić information content (AvgIpc) is 2.91. The molecule has 1 amide bonds. The number of Topliss-reactive ketones (excluding diaryl/α,β-unsaturated/α-hetero) is 1. The molecule has 0 aliphatic heterocycles. The van der Waals surface area contributed by atoms with Crippen molar-refractivity contribution >= 4 is 11.7 Å². The van der Waals surface area contributed by atoms with Crippen LogP contribution in [0.25, 0.3) is 0 Å². The Balaban J connectivity index is 2.10. The lowest BCUT2D eigenvalue weighted by atomic mass is 10.1. The maximum atomic E-state index is 13.2. The molecule has 21 heavy (non-hydrogen) atoms. The van der Waals surface area contributed by atoms with Crippen LogP contribution in [0.2, 0.25) is 0 Å². The lowest BCUT2D eigenvalue weighted by Gasteiger charge is -2.14. The maximum Gasteiger partial charge on any atom is 0.268 e. The molecule has 0 radical (unpaired) electrons. The number of carbonyl (C=O) groups is 2. The van der Waals surface area contributed by atoms with Crippen molar-refractivity contribution in [3.05, 3.63) is 58.9 Å². The number of aromatic nitrogens is 1. The normalized spacial score (nSPS) is 12.0. The summed E-state index contributed by atoms with van der Waals surface area (Å²) in [6.07, 6.45) is 1.44. The van der Waals surface area contributed by atoms with E-state index in [1.54, 1.807) is 6.92 Å². The Morgan fingerprint density at radius 3 is 2.48 bits per heavy atom. The topological polar surface area (TPSA) is 62.0 Å². The van der Waals surface area contributed by atoms with Crippen molar-refractivity contribution < 1.29 is 18.4 Å². The minimum absolute atomic E-state index is 0.154. The molecule has 0 saturated carbocycles. The number of nitrogens with one attached hydrogen (secondary N) is 2. The monoisotopic (exact) mass is 292 g/mol. The molecule has 0 bridgehead atoms. The Morgan fingerprint density at radius 2 is 1.90 bits per heavy atom. The highest BCUT2D eigenvalue weighted by molar-refractivity contribution is 5.99. The SMILES string of the molecule is CC(=O)c1c[nH]c(C(=O)NC(C)c2ccc(F)c(F)c2)c1. The molecule has 0 saturated heterocycles. The molecule has 0 spiro atoms. The van der Waals surface area contributed by atoms with Crippen molar-refractivity contribution in [3.8, 4) is 0 Å². The van der Waals surface area contributed by atoms with Gasteiger partial charge in [0.05, 0.1) is 6.04 Å². The zero-order chi connectivity index (χ0) is 15.6. The number of aromatic amines is 1. The number of rotatable bonds is 4. The number of H-pyrrole nitrogens is 1. The minimum atomic E-state index is -0.965. The zero-order valence-electron chi connectivity index (χ0n) is 11.5. The Hall–Kier alpha value is -2.50. The van der Waals surface area contributed by atoms with Gasteiger partial charge in [-0.05, 0) is 37.6 Å². The van der Waals surface area contributed by atoms with Gasteiger partial charge in [0, 0.05) is 11.8 Å². The Bertz CT molecular complexity index is 695. The second-order valence-electron chi connectivity index (χ2n) is 4.73. The van der Waals surface area contributed by atoms with Gasteiger partial charge >= 0.3 is 0 Å². The first kappa shape index (κ1) is 14.9. The molecule has 1 atom stereocenters. The van der Waals surface area contributed by atoms with Gasteiger partial charge in [0.25, 0.3) is 5.91 Å². The van der Waals surface area contributed by atoms with Crippen molar-refractivity contribution in [2.75, 3.05) is 0 Å². The van der Waals surface area contributed by atoms with Crippen molar-refractivity contribution in [3.63, 3.8) is 0 Å². The molecule has 2 aromatic rings. The van der Waals surface area contributed by atoms with E-state index in [0.717, 1.165) is 12.1 Å². The molecular weight excluding hydrogens is 278 g/mol. The van der Waals surface area contributed by atoms with Crippen LogP contribution in [0.4, 0.5) is 8.78 Å². The second kappa shape index (κ2) is 5.87. The molecule has 0 aliphatic carbocycles. The second-order valence-corrected chi connectivity index (χ2v) is 4.73. The van der Waals surface area contributed by atoms with Crippen LogP contribution < -0.4 is 5.32 Å². The fraction of sp³-hybridized carbons (Fsp3) is 0.200. The zero-order valence-corrected chi connectivity index (χ0v) is 11.5. The van der Waals surface area contributed by atoms with E-state index in [9.17, 15) is 18.4 Å². The Kier molecular flexibility index (Phi) is 4.16. The summed E-state index contributed by atoms with van der Waals surface area (Å²) in [6.45, 7) is 3.05. The first-order valence-corrected chi connectivity index (χ1v) is 6.33. The summed E-state index contributed by atoms with van der Waals surface area (Å²) >= 11 is 0. The number of benzene rings is 1. The third-order valence-electron chi connectivity index (χ3n) is 3.13. The summed E-state index contributed by atoms with van der Waals surface area (Å²) < 4.78 is 26.0. The van der Waals surface area contributed by atoms with Gasteiger partial charge in [-0.3, -0.25) is 9.59 Å². The van der Waals surface area contributed by atoms with E-state index < -0.39 is 23.6 Å². The maximum absolute atomic E-state index is 13.2. The van der Waals surface area contributed by atoms with Gasteiger partial charge in [-0.15, -0.1) is 0 Å². The average molecular weight is 292 g/mol. The molecule has 1 aromatic carbocycles. The highest BCUT2D eigenvalue weighted by atomic mass is 19.2. The number of amides is 1. The molecule has 2 N–H and O–H groups in total. The van der Waals surface area contributed by atoms with Crippen LogP contribution in [0.1, 0.15) is 46.3 Å². The highest BCUT2D eigenvalue weighted by Crippen LogP contribution is 2.16. The summed E-state index contributed by atoms with van der Waals surface area (Å²) in [5.74, 6) is -2.49. The largest absolute Gasteiger partial charge is 0.356 e. The Labute approximate surface area is 120 Å². The number of halogens is 2. The summed E-state index contributed by atoms with van der Waals surface area (Å²) in [4.78, 5) is 25.9. The summed E-state index contributed by atoms with van der Waals surface area (Å²) in [5, 5.41) is 2.64. The molecule has 0 fully saturated rings. The minimum Gasteiger partial charge on any atom is -0.356 e. The number of hydrogen-bond donors (Lipinski definition) is 2. The van der Waals surface area contributed by atoms with E-state index in [1.807, 2.05) is 0 Å². The van der Waals surface area contributed by atoms with Crippen LogP contribution in [0.3, 0.4) is 0 Å². The number of ketones is 1. The molecular formula is C15H14F2N2O2. The quantitative estimate of drug-likeness (QED) is 0.851. The van der Waals surface area contributed by atoms with E-state index in [0.29, 0.717) is 11.1 Å². The molecule has 1 aromatic heterocycles. The fourth-order valence-electron chi connectivity index (χ4n) is 1.87. The van der Waals surface area contributed by atoms with Gasteiger partial charge in [0.1, 0.15) is 5.69 Å². The predicted molar refractivity (Wildman–Crippen MR) is 73.0 cm³/mol. The van der Waals surface area contributed by atoms with Crippen LogP contribution in [-0.4, -0.2) is 16.7 Å². The van der Waals surface area contributed by atoms with Crippen LogP contribution in [0.5, 0.6) is 0 Å². The van der Waals surface area contributed by atoms with Crippen LogP contribution in [0.15, 0.2) is 30.5 Å². The molecule has 110 valence electrons. The lowest BCUT2D eigenvalue weighted by molar-refractivity contribution is 0.0935. The van der Waals surface area contributed by atoms with Crippen molar-refractivity contribution in [1.29, 1.82) is 0 Å². The fourth-order valence-corrected chi connectivity index (χ4v) is 1.87. The first-order chi connectivity index (χ1) is 9.88. The van der Waals surface area contributed by atoms with E-state index in [4.69, 9.17) is 0 Å². The van der Waals surface area contributed by atoms with Gasteiger partial charge in [-0.25, -0.2) is 8.78 Å². The molecule has 1 unspecified atom stereocenters. The predicted octanol–water partition coefficient (Wildman–Crippen LogP) is 2.99. The number of carbonyl (C=O) groups excluding carboxylic acids is 2.